The van der Waals surface area contributed by atoms with Crippen LogP contribution in [0.3, 0.4) is 0 Å². The zero-order valence-corrected chi connectivity index (χ0v) is 21.1. The fraction of sp³-hybridized carbons (Fsp3) is 0.259. The summed E-state index contributed by atoms with van der Waals surface area (Å²) in [6.45, 7) is 4.66. The van der Waals surface area contributed by atoms with Crippen molar-refractivity contribution in [2.45, 2.75) is 19.5 Å². The van der Waals surface area contributed by atoms with Gasteiger partial charge in [0.1, 0.15) is 18.2 Å². The molecular formula is C27H27N7OS. The first-order valence-corrected chi connectivity index (χ1v) is 12.9. The van der Waals surface area contributed by atoms with Gasteiger partial charge in [-0.15, -0.1) is 16.4 Å². The highest BCUT2D eigenvalue weighted by Crippen LogP contribution is 2.26. The lowest BCUT2D eigenvalue weighted by Crippen LogP contribution is -2.57. The lowest BCUT2D eigenvalue weighted by atomic mass is 10.1. The van der Waals surface area contributed by atoms with E-state index in [0.717, 1.165) is 35.5 Å². The van der Waals surface area contributed by atoms with Crippen LogP contribution < -0.4 is 10.2 Å². The van der Waals surface area contributed by atoms with Crippen molar-refractivity contribution in [3.63, 3.8) is 0 Å². The van der Waals surface area contributed by atoms with Crippen molar-refractivity contribution in [1.29, 1.82) is 0 Å². The molecule has 1 amide bonds. The summed E-state index contributed by atoms with van der Waals surface area (Å²) in [6.07, 6.45) is 3.53. The third-order valence-corrected chi connectivity index (χ3v) is 7.73. The second-order valence-electron chi connectivity index (χ2n) is 9.30. The highest BCUT2D eigenvalue weighted by atomic mass is 32.1. The van der Waals surface area contributed by atoms with Gasteiger partial charge in [-0.25, -0.2) is 14.6 Å². The van der Waals surface area contributed by atoms with Crippen LogP contribution in [0.2, 0.25) is 0 Å². The SMILES string of the molecule is Cc1ccc(-n2cc3c(N4CCN(C)[C@@H](C(=O)NCc5ccc6sccc6c5)C4)ncnc3n2)cc1. The first kappa shape index (κ1) is 22.6. The molecular weight excluding hydrogens is 470 g/mol. The predicted octanol–water partition coefficient (Wildman–Crippen LogP) is 3.78. The Bertz CT molecular complexity index is 1540. The van der Waals surface area contributed by atoms with E-state index in [0.29, 0.717) is 18.7 Å². The summed E-state index contributed by atoms with van der Waals surface area (Å²) >= 11 is 1.73. The summed E-state index contributed by atoms with van der Waals surface area (Å²) in [4.78, 5) is 26.5. The lowest BCUT2D eigenvalue weighted by molar-refractivity contribution is -0.126. The number of hydrogen-bond donors (Lipinski definition) is 1. The van der Waals surface area contributed by atoms with Crippen molar-refractivity contribution in [1.82, 2.24) is 30.0 Å². The highest BCUT2D eigenvalue weighted by Gasteiger charge is 2.31. The molecule has 1 atom stereocenters. The van der Waals surface area contributed by atoms with E-state index < -0.39 is 0 Å². The van der Waals surface area contributed by atoms with Crippen LogP contribution in [0, 0.1) is 6.92 Å². The van der Waals surface area contributed by atoms with E-state index in [9.17, 15) is 4.79 Å². The number of aryl methyl sites for hydroxylation is 1. The molecule has 0 aliphatic carbocycles. The van der Waals surface area contributed by atoms with Gasteiger partial charge in [0.05, 0.1) is 11.1 Å². The van der Waals surface area contributed by atoms with Crippen LogP contribution in [0.15, 0.2) is 66.4 Å². The third-order valence-electron chi connectivity index (χ3n) is 6.83. The number of thiophene rings is 1. The van der Waals surface area contributed by atoms with Crippen LogP contribution in [-0.4, -0.2) is 63.3 Å². The van der Waals surface area contributed by atoms with Gasteiger partial charge < -0.3 is 10.2 Å². The summed E-state index contributed by atoms with van der Waals surface area (Å²) in [5, 5.41) is 12.0. The number of nitrogens with one attached hydrogen (secondary N) is 1. The largest absolute Gasteiger partial charge is 0.353 e. The molecule has 1 fully saturated rings. The molecule has 9 heteroatoms. The number of nitrogens with zero attached hydrogens (tertiary/aromatic N) is 6. The standard InChI is InChI=1S/C27H27N7OS/c1-18-3-6-21(7-4-18)34-15-22-25(31-34)29-17-30-26(22)33-11-10-32(2)23(16-33)27(35)28-14-19-5-8-24-20(13-19)9-12-36-24/h3-9,12-13,15,17,23H,10-11,14,16H2,1-2H3,(H,28,35)/t23-/m1/s1. The molecule has 0 spiro atoms. The number of rotatable bonds is 5. The summed E-state index contributed by atoms with van der Waals surface area (Å²) in [5.74, 6) is 0.834. The van der Waals surface area contributed by atoms with Crippen LogP contribution in [0.1, 0.15) is 11.1 Å². The Morgan fingerprint density at radius 3 is 2.83 bits per heavy atom. The Morgan fingerprint density at radius 1 is 1.11 bits per heavy atom. The van der Waals surface area contributed by atoms with E-state index in [2.05, 4.69) is 78.9 Å². The van der Waals surface area contributed by atoms with Crippen molar-refractivity contribution in [2.75, 3.05) is 31.6 Å². The van der Waals surface area contributed by atoms with Gasteiger partial charge in [0.2, 0.25) is 5.91 Å². The van der Waals surface area contributed by atoms with Crippen molar-refractivity contribution in [3.8, 4) is 5.69 Å². The Kier molecular flexibility index (Phi) is 5.86. The molecule has 0 radical (unpaired) electrons. The maximum atomic E-state index is 13.2. The minimum atomic E-state index is -0.277. The molecule has 6 rings (SSSR count). The fourth-order valence-corrected chi connectivity index (χ4v) is 5.46. The Morgan fingerprint density at radius 2 is 1.97 bits per heavy atom. The lowest BCUT2D eigenvalue weighted by Gasteiger charge is -2.39. The van der Waals surface area contributed by atoms with Gasteiger partial charge in [-0.05, 0) is 60.6 Å². The van der Waals surface area contributed by atoms with Gasteiger partial charge in [-0.3, -0.25) is 9.69 Å². The first-order valence-electron chi connectivity index (χ1n) is 12.0. The molecule has 1 saturated heterocycles. The van der Waals surface area contributed by atoms with Crippen LogP contribution in [0.4, 0.5) is 5.82 Å². The smallest absolute Gasteiger partial charge is 0.239 e. The zero-order chi connectivity index (χ0) is 24.6. The Balaban J connectivity index is 1.20. The number of hydrogen-bond acceptors (Lipinski definition) is 7. The molecule has 1 N–H and O–H groups in total. The van der Waals surface area contributed by atoms with Gasteiger partial charge in [0, 0.05) is 37.1 Å². The summed E-state index contributed by atoms with van der Waals surface area (Å²) in [6, 6.07) is 16.4. The fourth-order valence-electron chi connectivity index (χ4n) is 4.69. The number of anilines is 1. The predicted molar refractivity (Wildman–Crippen MR) is 144 cm³/mol. The number of fused-ring (bicyclic) bond motifs is 2. The molecule has 2 aromatic carbocycles. The van der Waals surface area contributed by atoms with Crippen molar-refractivity contribution >= 4 is 44.2 Å². The van der Waals surface area contributed by atoms with Crippen LogP contribution in [0.5, 0.6) is 0 Å². The highest BCUT2D eigenvalue weighted by molar-refractivity contribution is 7.17. The number of amides is 1. The second-order valence-corrected chi connectivity index (χ2v) is 10.2. The summed E-state index contributed by atoms with van der Waals surface area (Å²) in [7, 11) is 2.00. The molecule has 0 saturated carbocycles. The third kappa shape index (κ3) is 4.31. The summed E-state index contributed by atoms with van der Waals surface area (Å²) in [5.41, 5.74) is 3.92. The molecule has 4 heterocycles. The van der Waals surface area contributed by atoms with Gasteiger partial charge in [-0.1, -0.05) is 23.8 Å². The number of likely N-dealkylation sites (N-methyl/N-ethyl adjacent to an activating group) is 1. The number of benzene rings is 2. The van der Waals surface area contributed by atoms with Gasteiger partial charge in [0.25, 0.3) is 0 Å². The van der Waals surface area contributed by atoms with Crippen LogP contribution >= 0.6 is 11.3 Å². The average Bonchev–Trinajstić information content (AvgIpc) is 3.54. The molecule has 1 aliphatic rings. The molecule has 8 nitrogen and oxygen atoms in total. The van der Waals surface area contributed by atoms with E-state index in [4.69, 9.17) is 0 Å². The molecule has 0 unspecified atom stereocenters. The van der Waals surface area contributed by atoms with Gasteiger partial charge in [-0.2, -0.15) is 0 Å². The normalized spacial score (nSPS) is 16.6. The van der Waals surface area contributed by atoms with E-state index in [-0.39, 0.29) is 11.9 Å². The molecule has 36 heavy (non-hydrogen) atoms. The number of carbonyl (C=O) groups is 1. The van der Waals surface area contributed by atoms with E-state index in [1.165, 1.54) is 15.6 Å². The quantitative estimate of drug-likeness (QED) is 0.398. The van der Waals surface area contributed by atoms with Gasteiger partial charge in [0.15, 0.2) is 5.65 Å². The topological polar surface area (TPSA) is 79.2 Å². The van der Waals surface area contributed by atoms with E-state index in [1.54, 1.807) is 17.7 Å². The molecule has 0 bridgehead atoms. The first-order chi connectivity index (χ1) is 17.5. The number of aromatic nitrogens is 4. The maximum Gasteiger partial charge on any atom is 0.239 e. The van der Waals surface area contributed by atoms with E-state index >= 15 is 0 Å². The Hall–Kier alpha value is -3.82. The minimum Gasteiger partial charge on any atom is -0.353 e. The molecule has 182 valence electrons. The van der Waals surface area contributed by atoms with Crippen LogP contribution in [0.25, 0.3) is 26.8 Å². The van der Waals surface area contributed by atoms with Crippen molar-refractivity contribution in [3.05, 3.63) is 77.6 Å². The van der Waals surface area contributed by atoms with E-state index in [1.807, 2.05) is 30.1 Å². The molecule has 3 aromatic heterocycles. The Labute approximate surface area is 213 Å². The number of carbonyl (C=O) groups excluding carboxylic acids is 1. The molecule has 1 aliphatic heterocycles. The number of piperazine rings is 1. The molecule has 5 aromatic rings. The zero-order valence-electron chi connectivity index (χ0n) is 20.3. The van der Waals surface area contributed by atoms with Crippen LogP contribution in [-0.2, 0) is 11.3 Å². The van der Waals surface area contributed by atoms with Crippen molar-refractivity contribution in [2.24, 2.45) is 0 Å². The summed E-state index contributed by atoms with van der Waals surface area (Å²) < 4.78 is 3.10. The average molecular weight is 498 g/mol. The van der Waals surface area contributed by atoms with Crippen molar-refractivity contribution < 1.29 is 4.79 Å². The minimum absolute atomic E-state index is 0.0215. The monoisotopic (exact) mass is 497 g/mol. The maximum absolute atomic E-state index is 13.2. The second kappa shape index (κ2) is 9.33. The van der Waals surface area contributed by atoms with Gasteiger partial charge >= 0.3 is 0 Å².